The van der Waals surface area contributed by atoms with Gasteiger partial charge in [-0.2, -0.15) is 0 Å². The molecule has 1 aromatic rings. The minimum absolute atomic E-state index is 0.0290. The van der Waals surface area contributed by atoms with E-state index in [0.29, 0.717) is 17.5 Å². The minimum atomic E-state index is -3.58. The summed E-state index contributed by atoms with van der Waals surface area (Å²) in [6.45, 7) is 2.85. The molecule has 0 radical (unpaired) electrons. The van der Waals surface area contributed by atoms with Crippen molar-refractivity contribution in [2.45, 2.75) is 49.6 Å². The Morgan fingerprint density at radius 2 is 2.04 bits per heavy atom. The molecule has 0 unspecified atom stereocenters. The van der Waals surface area contributed by atoms with Gasteiger partial charge in [0, 0.05) is 18.0 Å². The van der Waals surface area contributed by atoms with E-state index < -0.39 is 10.0 Å². The molecule has 1 aliphatic heterocycles. The Morgan fingerprint density at radius 1 is 1.28 bits per heavy atom. The summed E-state index contributed by atoms with van der Waals surface area (Å²) >= 11 is 0. The first-order valence-electron chi connectivity index (χ1n) is 8.63. The number of nitrogens with one attached hydrogen (secondary N) is 3. The van der Waals surface area contributed by atoms with Crippen LogP contribution in [0.4, 0.5) is 5.69 Å². The largest absolute Gasteiger partial charge is 0.495 e. The highest BCUT2D eigenvalue weighted by atomic mass is 32.2. The predicted molar refractivity (Wildman–Crippen MR) is 95.2 cm³/mol. The summed E-state index contributed by atoms with van der Waals surface area (Å²) in [4.78, 5) is 12.7. The van der Waals surface area contributed by atoms with Crippen molar-refractivity contribution in [2.24, 2.45) is 5.92 Å². The van der Waals surface area contributed by atoms with Gasteiger partial charge in [0.2, 0.25) is 15.9 Å². The molecule has 1 saturated carbocycles. The number of hydrogen-bond donors (Lipinski definition) is 3. The second kappa shape index (κ2) is 7.31. The number of piperidine rings is 1. The van der Waals surface area contributed by atoms with E-state index in [9.17, 15) is 13.2 Å². The first-order valence-corrected chi connectivity index (χ1v) is 10.1. The molecule has 1 heterocycles. The number of sulfonamides is 1. The Labute approximate surface area is 148 Å². The van der Waals surface area contributed by atoms with Crippen molar-refractivity contribution in [1.82, 2.24) is 10.0 Å². The lowest BCUT2D eigenvalue weighted by Crippen LogP contribution is -2.40. The van der Waals surface area contributed by atoms with Crippen LogP contribution in [0.2, 0.25) is 0 Å². The molecule has 25 heavy (non-hydrogen) atoms. The molecule has 1 aliphatic carbocycles. The van der Waals surface area contributed by atoms with Crippen LogP contribution in [0.5, 0.6) is 5.75 Å². The molecule has 1 saturated heterocycles. The fourth-order valence-corrected chi connectivity index (χ4v) is 4.38. The number of methoxy groups -OCH3 is 1. The normalized spacial score (nSPS) is 23.9. The summed E-state index contributed by atoms with van der Waals surface area (Å²) in [7, 11) is -2.09. The summed E-state index contributed by atoms with van der Waals surface area (Å²) in [5.41, 5.74) is 0.386. The summed E-state index contributed by atoms with van der Waals surface area (Å²) in [6, 6.07) is 4.85. The van der Waals surface area contributed by atoms with E-state index in [1.165, 1.54) is 19.2 Å². The van der Waals surface area contributed by atoms with Gasteiger partial charge in [0.1, 0.15) is 5.75 Å². The number of amides is 1. The van der Waals surface area contributed by atoms with Crippen LogP contribution in [0.15, 0.2) is 23.1 Å². The van der Waals surface area contributed by atoms with Gasteiger partial charge in [-0.25, -0.2) is 13.1 Å². The maximum Gasteiger partial charge on any atom is 0.240 e. The van der Waals surface area contributed by atoms with Gasteiger partial charge in [0.15, 0.2) is 0 Å². The smallest absolute Gasteiger partial charge is 0.240 e. The van der Waals surface area contributed by atoms with Gasteiger partial charge in [-0.3, -0.25) is 4.79 Å². The fourth-order valence-electron chi connectivity index (χ4n) is 3.05. The van der Waals surface area contributed by atoms with Gasteiger partial charge in [0.05, 0.1) is 17.7 Å². The molecule has 8 heteroatoms. The van der Waals surface area contributed by atoms with Crippen LogP contribution in [0, 0.1) is 5.92 Å². The molecule has 1 aromatic carbocycles. The number of benzene rings is 1. The molecule has 2 atom stereocenters. The monoisotopic (exact) mass is 367 g/mol. The quantitative estimate of drug-likeness (QED) is 0.707. The van der Waals surface area contributed by atoms with Gasteiger partial charge in [0.25, 0.3) is 0 Å². The van der Waals surface area contributed by atoms with Crippen LogP contribution >= 0.6 is 0 Å². The second-order valence-electron chi connectivity index (χ2n) is 6.82. The number of ether oxygens (including phenoxy) is 1. The molecule has 2 fully saturated rings. The zero-order valence-electron chi connectivity index (χ0n) is 14.5. The molecule has 0 spiro atoms. The molecule has 1 amide bonds. The topological polar surface area (TPSA) is 96.5 Å². The van der Waals surface area contributed by atoms with Gasteiger partial charge in [-0.15, -0.1) is 0 Å². The molecule has 138 valence electrons. The molecule has 7 nitrogen and oxygen atoms in total. The molecule has 3 N–H and O–H groups in total. The van der Waals surface area contributed by atoms with Gasteiger partial charge in [-0.1, -0.05) is 0 Å². The van der Waals surface area contributed by atoms with Crippen molar-refractivity contribution in [3.63, 3.8) is 0 Å². The maximum absolute atomic E-state index is 12.6. The van der Waals surface area contributed by atoms with Crippen LogP contribution in [0.1, 0.15) is 32.6 Å². The van der Waals surface area contributed by atoms with Crippen LogP contribution < -0.4 is 20.1 Å². The van der Waals surface area contributed by atoms with E-state index in [4.69, 9.17) is 4.74 Å². The van der Waals surface area contributed by atoms with Crippen molar-refractivity contribution in [3.05, 3.63) is 18.2 Å². The Hall–Kier alpha value is -1.64. The summed E-state index contributed by atoms with van der Waals surface area (Å²) in [6.07, 6.45) is 3.26. The Morgan fingerprint density at radius 3 is 2.68 bits per heavy atom. The molecular formula is C17H25N3O4S. The van der Waals surface area contributed by atoms with E-state index in [1.807, 2.05) is 0 Å². The number of rotatable bonds is 6. The number of carbonyl (C=O) groups excluding carboxylic acids is 1. The van der Waals surface area contributed by atoms with E-state index in [-0.39, 0.29) is 22.8 Å². The number of hydrogen-bond acceptors (Lipinski definition) is 5. The Kier molecular flexibility index (Phi) is 5.31. The molecule has 0 aromatic heterocycles. The van der Waals surface area contributed by atoms with Crippen LogP contribution in [0.3, 0.4) is 0 Å². The lowest BCUT2D eigenvalue weighted by molar-refractivity contribution is -0.120. The van der Waals surface area contributed by atoms with Crippen molar-refractivity contribution in [2.75, 3.05) is 19.0 Å². The Balaban J connectivity index is 1.79. The highest BCUT2D eigenvalue weighted by Crippen LogP contribution is 2.30. The highest BCUT2D eigenvalue weighted by Gasteiger charge is 2.29. The van der Waals surface area contributed by atoms with Gasteiger partial charge < -0.3 is 15.4 Å². The molecule has 0 bridgehead atoms. The van der Waals surface area contributed by atoms with Crippen LogP contribution in [0.25, 0.3) is 0 Å². The molecule has 3 rings (SSSR count). The standard InChI is InChI=1S/C17H25N3O4S/c1-11-9-12(7-8-18-11)17(21)19-15-10-14(5-6-16(15)24-2)25(22,23)20-13-3-4-13/h5-6,10-13,18,20H,3-4,7-9H2,1-2H3,(H,19,21)/t11-,12-/m0/s1. The van der Waals surface area contributed by atoms with Crippen molar-refractivity contribution >= 4 is 21.6 Å². The van der Waals surface area contributed by atoms with E-state index in [2.05, 4.69) is 22.3 Å². The predicted octanol–water partition coefficient (Wildman–Crippen LogP) is 1.46. The summed E-state index contributed by atoms with van der Waals surface area (Å²) in [5.74, 6) is 0.253. The van der Waals surface area contributed by atoms with Crippen LogP contribution in [-0.2, 0) is 14.8 Å². The molecular weight excluding hydrogens is 342 g/mol. The molecule has 2 aliphatic rings. The SMILES string of the molecule is COc1ccc(S(=O)(=O)NC2CC2)cc1NC(=O)[C@H]1CCN[C@@H](C)C1. The zero-order valence-corrected chi connectivity index (χ0v) is 15.4. The third-order valence-electron chi connectivity index (χ3n) is 4.63. The third kappa shape index (κ3) is 4.50. The van der Waals surface area contributed by atoms with Crippen molar-refractivity contribution < 1.29 is 17.9 Å². The van der Waals surface area contributed by atoms with E-state index in [0.717, 1.165) is 32.2 Å². The third-order valence-corrected chi connectivity index (χ3v) is 6.15. The first-order chi connectivity index (χ1) is 11.9. The van der Waals surface area contributed by atoms with E-state index in [1.54, 1.807) is 6.07 Å². The average Bonchev–Trinajstić information content (AvgIpc) is 3.38. The minimum Gasteiger partial charge on any atom is -0.495 e. The number of anilines is 1. The van der Waals surface area contributed by atoms with Crippen molar-refractivity contribution in [1.29, 1.82) is 0 Å². The van der Waals surface area contributed by atoms with E-state index >= 15 is 0 Å². The van der Waals surface area contributed by atoms with Gasteiger partial charge >= 0.3 is 0 Å². The summed E-state index contributed by atoms with van der Waals surface area (Å²) < 4.78 is 32.7. The van der Waals surface area contributed by atoms with Crippen molar-refractivity contribution in [3.8, 4) is 5.75 Å². The second-order valence-corrected chi connectivity index (χ2v) is 8.54. The fraction of sp³-hybridized carbons (Fsp3) is 0.588. The highest BCUT2D eigenvalue weighted by molar-refractivity contribution is 7.89. The zero-order chi connectivity index (χ0) is 18.0. The maximum atomic E-state index is 12.6. The first kappa shape index (κ1) is 18.2. The van der Waals surface area contributed by atoms with Crippen LogP contribution in [-0.4, -0.2) is 40.1 Å². The average molecular weight is 367 g/mol. The Bertz CT molecular complexity index is 746. The van der Waals surface area contributed by atoms with Gasteiger partial charge in [-0.05, 0) is 57.4 Å². The number of carbonyl (C=O) groups is 1. The lowest BCUT2D eigenvalue weighted by atomic mass is 9.92. The summed E-state index contributed by atoms with van der Waals surface area (Å²) in [5, 5.41) is 6.16. The lowest BCUT2D eigenvalue weighted by Gasteiger charge is -2.27.